The van der Waals surface area contributed by atoms with Crippen LogP contribution in [0.4, 0.5) is 13.2 Å². The van der Waals surface area contributed by atoms with Gasteiger partial charge in [0.1, 0.15) is 0 Å². The van der Waals surface area contributed by atoms with Crippen molar-refractivity contribution in [1.29, 1.82) is 0 Å². The largest absolute Gasteiger partial charge is 0.354 e. The number of nitrogens with one attached hydrogen (secondary N) is 2. The first kappa shape index (κ1) is 21.0. The van der Waals surface area contributed by atoms with Crippen molar-refractivity contribution >= 4 is 18.3 Å². The van der Waals surface area contributed by atoms with Gasteiger partial charge in [0.15, 0.2) is 17.5 Å². The van der Waals surface area contributed by atoms with Crippen LogP contribution in [0.5, 0.6) is 0 Å². The summed E-state index contributed by atoms with van der Waals surface area (Å²) in [5.41, 5.74) is 0.427. The van der Waals surface area contributed by atoms with E-state index in [1.807, 2.05) is 0 Å². The predicted octanol–water partition coefficient (Wildman–Crippen LogP) is 2.61. The normalized spacial score (nSPS) is 23.5. The van der Waals surface area contributed by atoms with Gasteiger partial charge < -0.3 is 10.6 Å². The summed E-state index contributed by atoms with van der Waals surface area (Å²) in [6.07, 6.45) is 3.89. The van der Waals surface area contributed by atoms with Crippen molar-refractivity contribution in [3.63, 3.8) is 0 Å². The quantitative estimate of drug-likeness (QED) is 0.758. The number of piperidine rings is 1. The minimum Gasteiger partial charge on any atom is -0.354 e. The molecule has 1 aromatic rings. The van der Waals surface area contributed by atoms with Crippen LogP contribution in [0.1, 0.15) is 31.2 Å². The summed E-state index contributed by atoms with van der Waals surface area (Å²) in [5, 5.41) is 6.18. The molecule has 146 valence electrons. The molecule has 0 aromatic heterocycles. The molecule has 4 nitrogen and oxygen atoms in total. The van der Waals surface area contributed by atoms with E-state index in [1.54, 1.807) is 0 Å². The van der Waals surface area contributed by atoms with Crippen LogP contribution in [-0.2, 0) is 11.3 Å². The molecule has 1 aromatic carbocycles. The SMILES string of the molecule is Cl.O=C(NCC1CCCN(Cc2cc(F)c(F)c(F)c2)C1)C1CCCN1. The van der Waals surface area contributed by atoms with Crippen molar-refractivity contribution in [3.8, 4) is 0 Å². The summed E-state index contributed by atoms with van der Waals surface area (Å²) >= 11 is 0. The fourth-order valence-corrected chi connectivity index (χ4v) is 3.70. The lowest BCUT2D eigenvalue weighted by atomic mass is 9.97. The van der Waals surface area contributed by atoms with Crippen LogP contribution in [0.15, 0.2) is 12.1 Å². The zero-order valence-electron chi connectivity index (χ0n) is 14.6. The summed E-state index contributed by atoms with van der Waals surface area (Å²) in [6.45, 7) is 3.46. The average Bonchev–Trinajstić information content (AvgIpc) is 3.12. The molecule has 2 aliphatic heterocycles. The van der Waals surface area contributed by atoms with Gasteiger partial charge in [0.2, 0.25) is 5.91 Å². The zero-order valence-corrected chi connectivity index (χ0v) is 15.4. The van der Waals surface area contributed by atoms with E-state index in [0.717, 1.165) is 57.5 Å². The Labute approximate surface area is 157 Å². The van der Waals surface area contributed by atoms with Gasteiger partial charge in [-0.1, -0.05) is 0 Å². The first-order chi connectivity index (χ1) is 12.0. The third-order valence-corrected chi connectivity index (χ3v) is 4.99. The van der Waals surface area contributed by atoms with E-state index in [-0.39, 0.29) is 24.4 Å². The van der Waals surface area contributed by atoms with E-state index < -0.39 is 17.5 Å². The van der Waals surface area contributed by atoms with E-state index in [0.29, 0.717) is 24.6 Å². The number of likely N-dealkylation sites (tertiary alicyclic amines) is 1. The Bertz CT molecular complexity index is 603. The Morgan fingerprint density at radius 3 is 2.58 bits per heavy atom. The predicted molar refractivity (Wildman–Crippen MR) is 95.6 cm³/mol. The Balaban J connectivity index is 0.00000243. The Hall–Kier alpha value is -1.31. The van der Waals surface area contributed by atoms with Crippen LogP contribution in [0.25, 0.3) is 0 Å². The van der Waals surface area contributed by atoms with Gasteiger partial charge in [-0.15, -0.1) is 12.4 Å². The number of hydrogen-bond acceptors (Lipinski definition) is 3. The Morgan fingerprint density at radius 1 is 1.19 bits per heavy atom. The summed E-state index contributed by atoms with van der Waals surface area (Å²) in [4.78, 5) is 14.2. The van der Waals surface area contributed by atoms with E-state index in [2.05, 4.69) is 15.5 Å². The molecule has 3 rings (SSSR count). The minimum absolute atomic E-state index is 0. The summed E-state index contributed by atoms with van der Waals surface area (Å²) < 4.78 is 39.7. The lowest BCUT2D eigenvalue weighted by Gasteiger charge is -2.33. The van der Waals surface area contributed by atoms with E-state index >= 15 is 0 Å². The highest BCUT2D eigenvalue weighted by molar-refractivity contribution is 5.85. The summed E-state index contributed by atoms with van der Waals surface area (Å²) in [6, 6.07) is 2.02. The van der Waals surface area contributed by atoms with Crippen LogP contribution in [-0.4, -0.2) is 43.0 Å². The molecule has 2 N–H and O–H groups in total. The zero-order chi connectivity index (χ0) is 17.8. The van der Waals surface area contributed by atoms with Crippen molar-refractivity contribution in [2.75, 3.05) is 26.2 Å². The van der Waals surface area contributed by atoms with Gasteiger partial charge in [-0.2, -0.15) is 0 Å². The molecule has 2 heterocycles. The molecule has 0 saturated carbocycles. The van der Waals surface area contributed by atoms with Gasteiger partial charge in [0.25, 0.3) is 0 Å². The van der Waals surface area contributed by atoms with E-state index in [9.17, 15) is 18.0 Å². The average molecular weight is 392 g/mol. The molecule has 26 heavy (non-hydrogen) atoms. The molecule has 1 amide bonds. The number of carbonyl (C=O) groups excluding carboxylic acids is 1. The lowest BCUT2D eigenvalue weighted by Crippen LogP contribution is -2.45. The second kappa shape index (κ2) is 9.58. The molecule has 0 bridgehead atoms. The Morgan fingerprint density at radius 2 is 1.92 bits per heavy atom. The fraction of sp³-hybridized carbons (Fsp3) is 0.611. The maximum Gasteiger partial charge on any atom is 0.237 e. The third kappa shape index (κ3) is 5.34. The minimum atomic E-state index is -1.43. The van der Waals surface area contributed by atoms with Crippen LogP contribution in [0.3, 0.4) is 0 Å². The van der Waals surface area contributed by atoms with E-state index in [4.69, 9.17) is 0 Å². The molecule has 2 saturated heterocycles. The fourth-order valence-electron chi connectivity index (χ4n) is 3.70. The molecular weight excluding hydrogens is 367 g/mol. The molecule has 2 unspecified atom stereocenters. The highest BCUT2D eigenvalue weighted by Gasteiger charge is 2.25. The summed E-state index contributed by atoms with van der Waals surface area (Å²) in [7, 11) is 0. The highest BCUT2D eigenvalue weighted by Crippen LogP contribution is 2.20. The van der Waals surface area contributed by atoms with Crippen LogP contribution in [0, 0.1) is 23.4 Å². The third-order valence-electron chi connectivity index (χ3n) is 4.99. The van der Waals surface area contributed by atoms with Gasteiger partial charge in [-0.25, -0.2) is 13.2 Å². The van der Waals surface area contributed by atoms with Crippen LogP contribution < -0.4 is 10.6 Å². The van der Waals surface area contributed by atoms with Crippen molar-refractivity contribution in [2.45, 2.75) is 38.3 Å². The van der Waals surface area contributed by atoms with E-state index in [1.165, 1.54) is 0 Å². The van der Waals surface area contributed by atoms with Crippen LogP contribution in [0.2, 0.25) is 0 Å². The number of benzene rings is 1. The van der Waals surface area contributed by atoms with Gasteiger partial charge in [-0.3, -0.25) is 9.69 Å². The Kier molecular flexibility index (Phi) is 7.73. The van der Waals surface area contributed by atoms with Gasteiger partial charge in [0, 0.05) is 19.6 Å². The molecule has 2 atom stereocenters. The van der Waals surface area contributed by atoms with Crippen molar-refractivity contribution in [3.05, 3.63) is 35.1 Å². The van der Waals surface area contributed by atoms with Gasteiger partial charge in [-0.05, 0) is 62.4 Å². The topological polar surface area (TPSA) is 44.4 Å². The van der Waals surface area contributed by atoms with Crippen molar-refractivity contribution < 1.29 is 18.0 Å². The van der Waals surface area contributed by atoms with Crippen molar-refractivity contribution in [1.82, 2.24) is 15.5 Å². The smallest absolute Gasteiger partial charge is 0.237 e. The number of carbonyl (C=O) groups is 1. The van der Waals surface area contributed by atoms with Gasteiger partial charge >= 0.3 is 0 Å². The molecule has 0 radical (unpaired) electrons. The second-order valence-electron chi connectivity index (χ2n) is 7.01. The first-order valence-electron chi connectivity index (χ1n) is 8.90. The molecule has 2 aliphatic rings. The number of nitrogens with zero attached hydrogens (tertiary/aromatic N) is 1. The first-order valence-corrected chi connectivity index (χ1v) is 8.90. The molecular formula is C18H25ClF3N3O. The van der Waals surface area contributed by atoms with Gasteiger partial charge in [0.05, 0.1) is 6.04 Å². The molecule has 0 aliphatic carbocycles. The molecule has 0 spiro atoms. The highest BCUT2D eigenvalue weighted by atomic mass is 35.5. The number of halogens is 4. The monoisotopic (exact) mass is 391 g/mol. The second-order valence-corrected chi connectivity index (χ2v) is 7.01. The molecule has 2 fully saturated rings. The maximum atomic E-state index is 13.3. The number of rotatable bonds is 5. The number of hydrogen-bond donors (Lipinski definition) is 2. The standard InChI is InChI=1S/C18H24F3N3O.ClH/c19-14-7-13(8-15(20)17(14)21)11-24-6-2-3-12(10-24)9-23-18(25)16-4-1-5-22-16;/h7-8,12,16,22H,1-6,9-11H2,(H,23,25);1H. The summed E-state index contributed by atoms with van der Waals surface area (Å²) in [5.74, 6) is -3.37. The van der Waals surface area contributed by atoms with Crippen molar-refractivity contribution in [2.24, 2.45) is 5.92 Å². The number of amides is 1. The maximum absolute atomic E-state index is 13.3. The molecule has 8 heteroatoms. The van der Waals surface area contributed by atoms with Crippen LogP contribution >= 0.6 is 12.4 Å². The lowest BCUT2D eigenvalue weighted by molar-refractivity contribution is -0.123.